The van der Waals surface area contributed by atoms with E-state index in [-0.39, 0.29) is 11.8 Å². The third-order valence-corrected chi connectivity index (χ3v) is 1.91. The molecule has 0 amide bonds. The van der Waals surface area contributed by atoms with Crippen LogP contribution in [0.2, 0.25) is 0 Å². The zero-order valence-electron chi connectivity index (χ0n) is 7.30. The van der Waals surface area contributed by atoms with E-state index < -0.39 is 0 Å². The van der Waals surface area contributed by atoms with E-state index in [1.165, 1.54) is 0 Å². The van der Waals surface area contributed by atoms with E-state index >= 15 is 0 Å². The summed E-state index contributed by atoms with van der Waals surface area (Å²) in [6.07, 6.45) is 4.21. The second-order valence-electron chi connectivity index (χ2n) is 2.99. The SMILES string of the molecule is CCCCCc1cc(O)[nH]c1O. The van der Waals surface area contributed by atoms with Gasteiger partial charge in [0.1, 0.15) is 0 Å². The van der Waals surface area contributed by atoms with E-state index in [2.05, 4.69) is 11.9 Å². The van der Waals surface area contributed by atoms with Crippen LogP contribution in [0.25, 0.3) is 0 Å². The topological polar surface area (TPSA) is 56.2 Å². The van der Waals surface area contributed by atoms with Crippen molar-refractivity contribution in [2.75, 3.05) is 0 Å². The average molecular weight is 169 g/mol. The van der Waals surface area contributed by atoms with E-state index in [1.807, 2.05) is 0 Å². The molecule has 0 saturated heterocycles. The first-order valence-electron chi connectivity index (χ1n) is 4.34. The monoisotopic (exact) mass is 169 g/mol. The maximum absolute atomic E-state index is 9.22. The van der Waals surface area contributed by atoms with Crippen molar-refractivity contribution in [3.05, 3.63) is 11.6 Å². The summed E-state index contributed by atoms with van der Waals surface area (Å²) in [7, 11) is 0. The van der Waals surface area contributed by atoms with Gasteiger partial charge in [-0.25, -0.2) is 0 Å². The van der Waals surface area contributed by atoms with Crippen LogP contribution in [0.1, 0.15) is 31.7 Å². The summed E-state index contributed by atoms with van der Waals surface area (Å²) in [5, 5.41) is 18.2. The average Bonchev–Trinajstić information content (AvgIpc) is 2.31. The molecular weight excluding hydrogens is 154 g/mol. The van der Waals surface area contributed by atoms with Gasteiger partial charge in [-0.05, 0) is 12.8 Å². The third kappa shape index (κ3) is 2.19. The molecule has 0 atom stereocenters. The quantitative estimate of drug-likeness (QED) is 0.605. The molecule has 1 aromatic heterocycles. The number of H-pyrrole nitrogens is 1. The standard InChI is InChI=1S/C9H15NO2/c1-2-3-4-5-7-6-8(11)10-9(7)12/h6,10-12H,2-5H2,1H3. The highest BCUT2D eigenvalue weighted by Crippen LogP contribution is 2.23. The van der Waals surface area contributed by atoms with Crippen molar-refractivity contribution in [1.82, 2.24) is 4.98 Å². The minimum Gasteiger partial charge on any atom is -0.495 e. The molecule has 0 unspecified atom stereocenters. The van der Waals surface area contributed by atoms with Gasteiger partial charge in [-0.1, -0.05) is 19.8 Å². The van der Waals surface area contributed by atoms with Crippen LogP contribution in [0.5, 0.6) is 11.8 Å². The summed E-state index contributed by atoms with van der Waals surface area (Å²) in [5.74, 6) is 0.141. The van der Waals surface area contributed by atoms with Crippen LogP contribution in [0.15, 0.2) is 6.07 Å². The molecule has 3 heteroatoms. The van der Waals surface area contributed by atoms with E-state index in [1.54, 1.807) is 6.07 Å². The molecule has 0 aliphatic heterocycles. The van der Waals surface area contributed by atoms with Crippen LogP contribution in [-0.2, 0) is 6.42 Å². The summed E-state index contributed by atoms with van der Waals surface area (Å²) in [5.41, 5.74) is 0.806. The molecule has 1 aromatic rings. The van der Waals surface area contributed by atoms with Crippen molar-refractivity contribution in [3.8, 4) is 11.8 Å². The Balaban J connectivity index is 2.45. The summed E-state index contributed by atoms with van der Waals surface area (Å²) < 4.78 is 0. The Morgan fingerprint density at radius 3 is 2.58 bits per heavy atom. The fraction of sp³-hybridized carbons (Fsp3) is 0.556. The van der Waals surface area contributed by atoms with Crippen LogP contribution in [0, 0.1) is 0 Å². The first-order valence-corrected chi connectivity index (χ1v) is 4.34. The number of hydrogen-bond acceptors (Lipinski definition) is 2. The Kier molecular flexibility index (Phi) is 3.02. The predicted octanol–water partition coefficient (Wildman–Crippen LogP) is 2.16. The Morgan fingerprint density at radius 1 is 1.33 bits per heavy atom. The molecule has 1 rings (SSSR count). The normalized spacial score (nSPS) is 10.4. The fourth-order valence-electron chi connectivity index (χ4n) is 1.23. The van der Waals surface area contributed by atoms with Gasteiger partial charge in [-0.2, -0.15) is 0 Å². The smallest absolute Gasteiger partial charge is 0.194 e. The van der Waals surface area contributed by atoms with Crippen LogP contribution >= 0.6 is 0 Å². The van der Waals surface area contributed by atoms with Gasteiger partial charge in [-0.15, -0.1) is 0 Å². The van der Waals surface area contributed by atoms with Gasteiger partial charge < -0.3 is 10.2 Å². The van der Waals surface area contributed by atoms with E-state index in [4.69, 9.17) is 5.11 Å². The van der Waals surface area contributed by atoms with Crippen molar-refractivity contribution in [2.45, 2.75) is 32.6 Å². The molecule has 0 saturated carbocycles. The highest BCUT2D eigenvalue weighted by atomic mass is 16.3. The molecule has 12 heavy (non-hydrogen) atoms. The van der Waals surface area contributed by atoms with Crippen LogP contribution in [-0.4, -0.2) is 15.2 Å². The van der Waals surface area contributed by atoms with E-state index in [0.717, 1.165) is 31.2 Å². The van der Waals surface area contributed by atoms with Gasteiger partial charge in [0.2, 0.25) is 0 Å². The molecule has 0 bridgehead atoms. The second kappa shape index (κ2) is 4.04. The molecule has 0 aliphatic carbocycles. The largest absolute Gasteiger partial charge is 0.495 e. The third-order valence-electron chi connectivity index (χ3n) is 1.91. The van der Waals surface area contributed by atoms with Crippen molar-refractivity contribution in [2.24, 2.45) is 0 Å². The number of rotatable bonds is 4. The summed E-state index contributed by atoms with van der Waals surface area (Å²) >= 11 is 0. The van der Waals surface area contributed by atoms with E-state index in [9.17, 15) is 5.11 Å². The maximum atomic E-state index is 9.22. The lowest BCUT2D eigenvalue weighted by Crippen LogP contribution is -1.82. The number of aromatic hydroxyl groups is 2. The summed E-state index contributed by atoms with van der Waals surface area (Å²) in [6.45, 7) is 2.13. The second-order valence-corrected chi connectivity index (χ2v) is 2.99. The molecule has 3 nitrogen and oxygen atoms in total. The van der Waals surface area contributed by atoms with Crippen molar-refractivity contribution in [3.63, 3.8) is 0 Å². The highest BCUT2D eigenvalue weighted by molar-refractivity contribution is 5.32. The molecule has 0 aromatic carbocycles. The Labute approximate surface area is 72.1 Å². The minimum absolute atomic E-state index is 0.0407. The number of aryl methyl sites for hydroxylation is 1. The molecule has 68 valence electrons. The van der Waals surface area contributed by atoms with Gasteiger partial charge in [-0.3, -0.25) is 4.98 Å². The molecule has 0 radical (unpaired) electrons. The molecule has 3 N–H and O–H groups in total. The number of aromatic nitrogens is 1. The maximum Gasteiger partial charge on any atom is 0.194 e. The lowest BCUT2D eigenvalue weighted by atomic mass is 10.1. The molecule has 0 aliphatic rings. The van der Waals surface area contributed by atoms with Gasteiger partial charge in [0.15, 0.2) is 11.8 Å². The Bertz CT molecular complexity index is 243. The molecule has 0 fully saturated rings. The Hall–Kier alpha value is -1.12. The van der Waals surface area contributed by atoms with Gasteiger partial charge >= 0.3 is 0 Å². The lowest BCUT2D eigenvalue weighted by molar-refractivity contribution is 0.423. The lowest BCUT2D eigenvalue weighted by Gasteiger charge is -1.96. The number of hydrogen-bond donors (Lipinski definition) is 3. The number of unbranched alkanes of at least 4 members (excludes halogenated alkanes) is 2. The van der Waals surface area contributed by atoms with Gasteiger partial charge in [0.05, 0.1) is 0 Å². The number of nitrogens with one attached hydrogen (secondary N) is 1. The zero-order chi connectivity index (χ0) is 8.97. The van der Waals surface area contributed by atoms with Crippen molar-refractivity contribution in [1.29, 1.82) is 0 Å². The zero-order valence-corrected chi connectivity index (χ0v) is 7.30. The van der Waals surface area contributed by atoms with Crippen LogP contribution in [0.4, 0.5) is 0 Å². The van der Waals surface area contributed by atoms with Crippen LogP contribution in [0.3, 0.4) is 0 Å². The van der Waals surface area contributed by atoms with Crippen LogP contribution < -0.4 is 0 Å². The molecule has 0 spiro atoms. The molecular formula is C9H15NO2. The first-order chi connectivity index (χ1) is 5.74. The van der Waals surface area contributed by atoms with Crippen molar-refractivity contribution >= 4 is 0 Å². The first kappa shape index (κ1) is 8.97. The van der Waals surface area contributed by atoms with E-state index in [0.29, 0.717) is 0 Å². The fourth-order valence-corrected chi connectivity index (χ4v) is 1.23. The van der Waals surface area contributed by atoms with Gasteiger partial charge in [0.25, 0.3) is 0 Å². The Morgan fingerprint density at radius 2 is 2.08 bits per heavy atom. The van der Waals surface area contributed by atoms with Gasteiger partial charge in [0, 0.05) is 11.6 Å². The predicted molar refractivity (Wildman–Crippen MR) is 47.4 cm³/mol. The highest BCUT2D eigenvalue weighted by Gasteiger charge is 2.04. The summed E-state index contributed by atoms with van der Waals surface area (Å²) in [6, 6.07) is 1.57. The molecule has 1 heterocycles. The minimum atomic E-state index is 0.0407. The number of aromatic amines is 1. The summed E-state index contributed by atoms with van der Waals surface area (Å²) in [4.78, 5) is 2.45. The van der Waals surface area contributed by atoms with Crippen molar-refractivity contribution < 1.29 is 10.2 Å².